The Balaban J connectivity index is 2.65. The van der Waals surface area contributed by atoms with Gasteiger partial charge in [0.25, 0.3) is 5.56 Å². The largest absolute Gasteiger partial charge is 0.326 e. The molecule has 96 valence electrons. The van der Waals surface area contributed by atoms with E-state index in [4.69, 9.17) is 12.2 Å². The van der Waals surface area contributed by atoms with Crippen molar-refractivity contribution in [3.8, 4) is 11.4 Å². The topological polar surface area (TPSA) is 66.5 Å². The lowest BCUT2D eigenvalue weighted by molar-refractivity contribution is 0.528. The van der Waals surface area contributed by atoms with E-state index in [1.165, 1.54) is 0 Å². The summed E-state index contributed by atoms with van der Waals surface area (Å²) in [5.41, 5.74) is 1.22. The van der Waals surface area contributed by atoms with Gasteiger partial charge in [0, 0.05) is 11.7 Å². The minimum atomic E-state index is -0.145. The minimum Gasteiger partial charge on any atom is -0.326 e. The molecule has 0 aromatic carbocycles. The first-order valence-corrected chi connectivity index (χ1v) is 6.32. The average molecular weight is 264 g/mol. The van der Waals surface area contributed by atoms with Gasteiger partial charge in [0.2, 0.25) is 0 Å². The summed E-state index contributed by atoms with van der Waals surface area (Å²) < 4.78 is 2.43. The van der Waals surface area contributed by atoms with Crippen molar-refractivity contribution in [3.63, 3.8) is 0 Å². The highest BCUT2D eigenvalue weighted by atomic mass is 32.1. The van der Waals surface area contributed by atoms with E-state index >= 15 is 0 Å². The number of aromatic nitrogens is 4. The van der Waals surface area contributed by atoms with Crippen molar-refractivity contribution < 1.29 is 0 Å². The normalized spacial score (nSPS) is 12.6. The minimum absolute atomic E-state index is 0.145. The zero-order valence-corrected chi connectivity index (χ0v) is 11.5. The predicted molar refractivity (Wildman–Crippen MR) is 73.2 cm³/mol. The van der Waals surface area contributed by atoms with Crippen molar-refractivity contribution in [2.45, 2.75) is 33.2 Å². The SMILES string of the molecule is CCC(C)n1c(-c2ccc(C)[nH]c2=O)n[nH]c1=S. The van der Waals surface area contributed by atoms with Crippen molar-refractivity contribution in [1.29, 1.82) is 0 Å². The summed E-state index contributed by atoms with van der Waals surface area (Å²) in [6.07, 6.45) is 0.921. The molecular weight excluding hydrogens is 248 g/mol. The number of pyridine rings is 1. The highest BCUT2D eigenvalue weighted by Crippen LogP contribution is 2.20. The third-order valence-corrected chi connectivity index (χ3v) is 3.32. The summed E-state index contributed by atoms with van der Waals surface area (Å²) in [7, 11) is 0. The molecule has 6 heteroatoms. The smallest absolute Gasteiger partial charge is 0.259 e. The fourth-order valence-corrected chi connectivity index (χ4v) is 2.15. The Bertz CT molecular complexity index is 667. The van der Waals surface area contributed by atoms with Gasteiger partial charge in [-0.1, -0.05) is 6.92 Å². The zero-order valence-electron chi connectivity index (χ0n) is 10.7. The van der Waals surface area contributed by atoms with E-state index in [2.05, 4.69) is 29.0 Å². The van der Waals surface area contributed by atoms with Crippen LogP contribution in [0.1, 0.15) is 32.0 Å². The van der Waals surface area contributed by atoms with Crippen LogP contribution in [-0.2, 0) is 0 Å². The molecular formula is C12H16N4OS. The number of hydrogen-bond acceptors (Lipinski definition) is 3. The van der Waals surface area contributed by atoms with Crippen LogP contribution in [-0.4, -0.2) is 19.7 Å². The van der Waals surface area contributed by atoms with Crippen LogP contribution in [0.15, 0.2) is 16.9 Å². The fraction of sp³-hybridized carbons (Fsp3) is 0.417. The molecule has 0 radical (unpaired) electrons. The number of aryl methyl sites for hydroxylation is 1. The highest BCUT2D eigenvalue weighted by molar-refractivity contribution is 7.71. The summed E-state index contributed by atoms with van der Waals surface area (Å²) in [5, 5.41) is 6.93. The highest BCUT2D eigenvalue weighted by Gasteiger charge is 2.15. The molecule has 0 saturated heterocycles. The Hall–Kier alpha value is -1.69. The summed E-state index contributed by atoms with van der Waals surface area (Å²) in [5.74, 6) is 0.593. The van der Waals surface area contributed by atoms with Crippen LogP contribution >= 0.6 is 12.2 Å². The number of nitrogens with zero attached hydrogens (tertiary/aromatic N) is 2. The molecule has 2 heterocycles. The van der Waals surface area contributed by atoms with Crippen molar-refractivity contribution in [1.82, 2.24) is 19.7 Å². The Morgan fingerprint density at radius 1 is 1.50 bits per heavy atom. The van der Waals surface area contributed by atoms with Gasteiger partial charge in [-0.25, -0.2) is 0 Å². The molecule has 0 saturated carbocycles. The number of hydrogen-bond donors (Lipinski definition) is 2. The molecule has 2 aromatic heterocycles. The van der Waals surface area contributed by atoms with Crippen LogP contribution in [0.3, 0.4) is 0 Å². The monoisotopic (exact) mass is 264 g/mol. The molecule has 18 heavy (non-hydrogen) atoms. The maximum absolute atomic E-state index is 12.0. The Labute approximate surface area is 110 Å². The van der Waals surface area contributed by atoms with Crippen LogP contribution in [0.4, 0.5) is 0 Å². The van der Waals surface area contributed by atoms with Crippen LogP contribution in [0, 0.1) is 11.7 Å². The van der Waals surface area contributed by atoms with Gasteiger partial charge in [-0.3, -0.25) is 14.5 Å². The van der Waals surface area contributed by atoms with Gasteiger partial charge >= 0.3 is 0 Å². The molecule has 1 atom stereocenters. The van der Waals surface area contributed by atoms with E-state index in [0.717, 1.165) is 12.1 Å². The first kappa shape index (κ1) is 12.8. The second kappa shape index (κ2) is 4.89. The molecule has 0 fully saturated rings. The third kappa shape index (κ3) is 2.15. The summed E-state index contributed by atoms with van der Waals surface area (Å²) in [6.45, 7) is 5.97. The van der Waals surface area contributed by atoms with Crippen molar-refractivity contribution in [3.05, 3.63) is 33.0 Å². The van der Waals surface area contributed by atoms with Gasteiger partial charge < -0.3 is 4.98 Å². The van der Waals surface area contributed by atoms with Crippen LogP contribution in [0.25, 0.3) is 11.4 Å². The van der Waals surface area contributed by atoms with Gasteiger partial charge in [-0.05, 0) is 44.6 Å². The molecule has 0 aliphatic rings. The molecule has 2 aromatic rings. The third-order valence-electron chi connectivity index (χ3n) is 3.03. The van der Waals surface area contributed by atoms with E-state index in [1.54, 1.807) is 6.07 Å². The van der Waals surface area contributed by atoms with Gasteiger partial charge in [0.1, 0.15) is 0 Å². The lowest BCUT2D eigenvalue weighted by Gasteiger charge is -2.12. The summed E-state index contributed by atoms with van der Waals surface area (Å²) in [4.78, 5) is 14.7. The van der Waals surface area contributed by atoms with Gasteiger partial charge in [-0.2, -0.15) is 5.10 Å². The molecule has 2 N–H and O–H groups in total. The standard InChI is InChI=1S/C12H16N4OS/c1-4-8(3)16-10(14-15-12(16)18)9-6-5-7(2)13-11(9)17/h5-6,8H,4H2,1-3H3,(H,13,17)(H,15,18). The Morgan fingerprint density at radius 2 is 2.22 bits per heavy atom. The molecule has 0 amide bonds. The van der Waals surface area contributed by atoms with E-state index in [0.29, 0.717) is 16.2 Å². The van der Waals surface area contributed by atoms with Crippen molar-refractivity contribution >= 4 is 12.2 Å². The second-order valence-corrected chi connectivity index (χ2v) is 4.75. The molecule has 5 nitrogen and oxygen atoms in total. The number of H-pyrrole nitrogens is 2. The summed E-state index contributed by atoms with van der Waals surface area (Å²) >= 11 is 5.22. The van der Waals surface area contributed by atoms with Crippen LogP contribution in [0.2, 0.25) is 0 Å². The second-order valence-electron chi connectivity index (χ2n) is 4.36. The molecule has 0 aliphatic carbocycles. The quantitative estimate of drug-likeness (QED) is 0.837. The van der Waals surface area contributed by atoms with Gasteiger partial charge in [-0.15, -0.1) is 0 Å². The number of rotatable bonds is 3. The number of nitrogens with one attached hydrogen (secondary N) is 2. The van der Waals surface area contributed by atoms with E-state index in [9.17, 15) is 4.79 Å². The average Bonchev–Trinajstić information content (AvgIpc) is 2.70. The molecule has 2 rings (SSSR count). The van der Waals surface area contributed by atoms with E-state index < -0.39 is 0 Å². The molecule has 0 bridgehead atoms. The molecule has 1 unspecified atom stereocenters. The van der Waals surface area contributed by atoms with Crippen LogP contribution in [0.5, 0.6) is 0 Å². The zero-order chi connectivity index (χ0) is 13.3. The molecule has 0 spiro atoms. The van der Waals surface area contributed by atoms with E-state index in [-0.39, 0.29) is 11.6 Å². The maximum atomic E-state index is 12.0. The lowest BCUT2D eigenvalue weighted by atomic mass is 10.2. The summed E-state index contributed by atoms with van der Waals surface area (Å²) in [6, 6.07) is 3.83. The maximum Gasteiger partial charge on any atom is 0.259 e. The van der Waals surface area contributed by atoms with Crippen molar-refractivity contribution in [2.24, 2.45) is 0 Å². The predicted octanol–water partition coefficient (Wildman–Crippen LogP) is 2.58. The van der Waals surface area contributed by atoms with E-state index in [1.807, 2.05) is 17.6 Å². The first-order chi connectivity index (χ1) is 8.54. The van der Waals surface area contributed by atoms with Crippen LogP contribution < -0.4 is 5.56 Å². The number of aromatic amines is 2. The fourth-order valence-electron chi connectivity index (χ4n) is 1.83. The first-order valence-electron chi connectivity index (χ1n) is 5.91. The van der Waals surface area contributed by atoms with Gasteiger partial charge in [0.05, 0.1) is 5.56 Å². The van der Waals surface area contributed by atoms with Crippen molar-refractivity contribution in [2.75, 3.05) is 0 Å². The lowest BCUT2D eigenvalue weighted by Crippen LogP contribution is -2.14. The Kier molecular flexibility index (Phi) is 3.47. The van der Waals surface area contributed by atoms with Gasteiger partial charge in [0.15, 0.2) is 10.6 Å². The molecule has 0 aliphatic heterocycles. The Morgan fingerprint density at radius 3 is 2.83 bits per heavy atom.